The van der Waals surface area contributed by atoms with E-state index in [2.05, 4.69) is 4.72 Å². The van der Waals surface area contributed by atoms with E-state index in [1.54, 1.807) is 45.0 Å². The van der Waals surface area contributed by atoms with Crippen molar-refractivity contribution in [3.63, 3.8) is 0 Å². The summed E-state index contributed by atoms with van der Waals surface area (Å²) in [6.45, 7) is 4.86. The number of rotatable bonds is 7. The van der Waals surface area contributed by atoms with Gasteiger partial charge in [0, 0.05) is 6.04 Å². The molecule has 1 N–H and O–H groups in total. The molecule has 1 aliphatic rings. The van der Waals surface area contributed by atoms with Crippen LogP contribution in [0.3, 0.4) is 0 Å². The molecule has 0 spiro atoms. The number of esters is 1. The lowest BCUT2D eigenvalue weighted by molar-refractivity contribution is -0.148. The van der Waals surface area contributed by atoms with Gasteiger partial charge in [-0.2, -0.15) is 0 Å². The molecule has 1 aliphatic heterocycles. The highest BCUT2D eigenvalue weighted by molar-refractivity contribution is 7.89. The monoisotopic (exact) mass is 462 g/mol. The molecule has 2 aromatic carbocycles. The summed E-state index contributed by atoms with van der Waals surface area (Å²) in [6, 6.07) is 11.1. The summed E-state index contributed by atoms with van der Waals surface area (Å²) in [4.78, 5) is 26.4. The van der Waals surface area contributed by atoms with Crippen molar-refractivity contribution >= 4 is 27.6 Å². The first-order valence-electron chi connectivity index (χ1n) is 10.0. The number of methoxy groups -OCH3 is 1. The smallest absolute Gasteiger partial charge is 0.348 e. The molecule has 32 heavy (non-hydrogen) atoms. The van der Waals surface area contributed by atoms with Gasteiger partial charge in [-0.05, 0) is 56.7 Å². The van der Waals surface area contributed by atoms with Crippen LogP contribution in [-0.2, 0) is 24.3 Å². The van der Waals surface area contributed by atoms with Crippen molar-refractivity contribution in [1.29, 1.82) is 0 Å². The van der Waals surface area contributed by atoms with Crippen molar-refractivity contribution in [2.24, 2.45) is 0 Å². The number of fused-ring (bicyclic) bond motifs is 1. The van der Waals surface area contributed by atoms with Gasteiger partial charge in [0.25, 0.3) is 5.91 Å². The lowest BCUT2D eigenvalue weighted by Gasteiger charge is -2.33. The molecule has 0 saturated carbocycles. The highest BCUT2D eigenvalue weighted by Gasteiger charge is 2.34. The number of sulfonamides is 1. The minimum absolute atomic E-state index is 0.0110. The van der Waals surface area contributed by atoms with Crippen LogP contribution in [0.4, 0.5) is 5.69 Å². The summed E-state index contributed by atoms with van der Waals surface area (Å²) in [6.07, 6.45) is -0.946. The molecule has 0 aromatic heterocycles. The van der Waals surface area contributed by atoms with Crippen LogP contribution >= 0.6 is 0 Å². The second-order valence-corrected chi connectivity index (χ2v) is 9.31. The fraction of sp³-hybridized carbons (Fsp3) is 0.364. The number of carbonyl (C=O) groups excluding carboxylic acids is 2. The van der Waals surface area contributed by atoms with Gasteiger partial charge in [-0.15, -0.1) is 0 Å². The van der Waals surface area contributed by atoms with Crippen LogP contribution in [0.25, 0.3) is 0 Å². The standard InChI is InChI=1S/C22H26N2O7S/c1-14(2)23-32(27,28)16-9-10-18(15(3)11-16)30-13-21(25)24-12-20(22(26)29-4)31-19-8-6-5-7-17(19)24/h5-11,14,20,23H,12-13H2,1-4H3. The van der Waals surface area contributed by atoms with Crippen LogP contribution in [0.2, 0.25) is 0 Å². The average molecular weight is 463 g/mol. The van der Waals surface area contributed by atoms with Crippen LogP contribution in [-0.4, -0.2) is 52.7 Å². The Hall–Kier alpha value is -3.11. The van der Waals surface area contributed by atoms with Gasteiger partial charge >= 0.3 is 5.97 Å². The van der Waals surface area contributed by atoms with E-state index < -0.39 is 22.1 Å². The van der Waals surface area contributed by atoms with E-state index >= 15 is 0 Å². The van der Waals surface area contributed by atoms with Crippen LogP contribution in [0.1, 0.15) is 19.4 Å². The van der Waals surface area contributed by atoms with Crippen LogP contribution in [0, 0.1) is 6.92 Å². The molecule has 0 saturated heterocycles. The van der Waals surface area contributed by atoms with E-state index in [0.717, 1.165) is 0 Å². The van der Waals surface area contributed by atoms with Crippen molar-refractivity contribution in [3.05, 3.63) is 48.0 Å². The number of benzene rings is 2. The fourth-order valence-electron chi connectivity index (χ4n) is 3.27. The highest BCUT2D eigenvalue weighted by atomic mass is 32.2. The van der Waals surface area contributed by atoms with Gasteiger partial charge < -0.3 is 19.1 Å². The molecule has 1 atom stereocenters. The number of para-hydroxylation sites is 2. The molecule has 1 unspecified atom stereocenters. The van der Waals surface area contributed by atoms with E-state index in [0.29, 0.717) is 22.7 Å². The second kappa shape index (κ2) is 9.58. The Morgan fingerprint density at radius 1 is 1.22 bits per heavy atom. The van der Waals surface area contributed by atoms with Crippen molar-refractivity contribution in [2.45, 2.75) is 37.8 Å². The van der Waals surface area contributed by atoms with Crippen molar-refractivity contribution in [3.8, 4) is 11.5 Å². The Bertz CT molecular complexity index is 1120. The SMILES string of the molecule is COC(=O)C1CN(C(=O)COc2ccc(S(=O)(=O)NC(C)C)cc2C)c2ccccc2O1. The molecule has 0 fully saturated rings. The van der Waals surface area contributed by atoms with Gasteiger partial charge in [0.1, 0.15) is 11.5 Å². The normalized spacial score (nSPS) is 15.7. The van der Waals surface area contributed by atoms with Crippen LogP contribution < -0.4 is 19.1 Å². The van der Waals surface area contributed by atoms with Gasteiger partial charge in [-0.25, -0.2) is 17.9 Å². The molecule has 9 nitrogen and oxygen atoms in total. The first-order chi connectivity index (χ1) is 15.1. The largest absolute Gasteiger partial charge is 0.483 e. The minimum Gasteiger partial charge on any atom is -0.483 e. The quantitative estimate of drug-likeness (QED) is 0.627. The maximum Gasteiger partial charge on any atom is 0.348 e. The van der Waals surface area contributed by atoms with Crippen LogP contribution in [0.15, 0.2) is 47.4 Å². The van der Waals surface area contributed by atoms with Crippen molar-refractivity contribution in [2.75, 3.05) is 25.2 Å². The number of hydrogen-bond donors (Lipinski definition) is 1. The average Bonchev–Trinajstić information content (AvgIpc) is 2.75. The number of aryl methyl sites for hydroxylation is 1. The second-order valence-electron chi connectivity index (χ2n) is 7.59. The van der Waals surface area contributed by atoms with Gasteiger partial charge in [-0.3, -0.25) is 4.79 Å². The summed E-state index contributed by atoms with van der Waals surface area (Å²) in [5.74, 6) is -0.188. The predicted octanol–water partition coefficient (Wildman–Crippen LogP) is 2.03. The van der Waals surface area contributed by atoms with Crippen molar-refractivity contribution < 1.29 is 32.2 Å². The van der Waals surface area contributed by atoms with E-state index in [1.807, 2.05) is 0 Å². The third-order valence-corrected chi connectivity index (χ3v) is 6.39. The Kier molecular flexibility index (Phi) is 7.05. The van der Waals surface area contributed by atoms with E-state index in [1.165, 1.54) is 30.2 Å². The Morgan fingerprint density at radius 3 is 2.59 bits per heavy atom. The molecule has 3 rings (SSSR count). The number of ether oxygens (including phenoxy) is 3. The van der Waals surface area contributed by atoms with Gasteiger partial charge in [-0.1, -0.05) is 12.1 Å². The maximum atomic E-state index is 12.9. The zero-order valence-electron chi connectivity index (χ0n) is 18.3. The molecule has 10 heteroatoms. The van der Waals surface area contributed by atoms with Gasteiger partial charge in [0.15, 0.2) is 6.61 Å². The van der Waals surface area contributed by atoms with E-state index in [9.17, 15) is 18.0 Å². The zero-order valence-corrected chi connectivity index (χ0v) is 19.1. The van der Waals surface area contributed by atoms with Gasteiger partial charge in [0.05, 0.1) is 24.2 Å². The summed E-state index contributed by atoms with van der Waals surface area (Å²) >= 11 is 0. The molecule has 172 valence electrons. The van der Waals surface area contributed by atoms with E-state index in [4.69, 9.17) is 14.2 Å². The molecule has 0 aliphatic carbocycles. The van der Waals surface area contributed by atoms with Gasteiger partial charge in [0.2, 0.25) is 16.1 Å². The molecule has 2 aromatic rings. The predicted molar refractivity (Wildman–Crippen MR) is 117 cm³/mol. The minimum atomic E-state index is -3.64. The first-order valence-corrected chi connectivity index (χ1v) is 11.5. The fourth-order valence-corrected chi connectivity index (χ4v) is 4.61. The number of nitrogens with one attached hydrogen (secondary N) is 1. The molecular weight excluding hydrogens is 436 g/mol. The number of carbonyl (C=O) groups is 2. The lowest BCUT2D eigenvalue weighted by atomic mass is 10.2. The number of anilines is 1. The molecule has 1 amide bonds. The Balaban J connectivity index is 1.74. The summed E-state index contributed by atoms with van der Waals surface area (Å²) in [7, 11) is -2.38. The first kappa shape index (κ1) is 23.6. The maximum absolute atomic E-state index is 12.9. The topological polar surface area (TPSA) is 111 Å². The number of amides is 1. The highest BCUT2D eigenvalue weighted by Crippen LogP contribution is 2.33. The number of nitrogens with zero attached hydrogens (tertiary/aromatic N) is 1. The van der Waals surface area contributed by atoms with E-state index in [-0.39, 0.29) is 30.0 Å². The molecule has 1 heterocycles. The third-order valence-electron chi connectivity index (χ3n) is 4.74. The Labute approximate surface area is 187 Å². The van der Waals surface area contributed by atoms with Crippen molar-refractivity contribution in [1.82, 2.24) is 4.72 Å². The molecular formula is C22H26N2O7S. The zero-order chi connectivity index (χ0) is 23.5. The molecule has 0 radical (unpaired) electrons. The summed E-state index contributed by atoms with van der Waals surface area (Å²) in [5, 5.41) is 0. The summed E-state index contributed by atoms with van der Waals surface area (Å²) < 4.78 is 43.3. The summed E-state index contributed by atoms with van der Waals surface area (Å²) in [5.41, 5.74) is 1.10. The lowest BCUT2D eigenvalue weighted by Crippen LogP contribution is -2.48. The third kappa shape index (κ3) is 5.20. The van der Waals surface area contributed by atoms with Crippen LogP contribution in [0.5, 0.6) is 11.5 Å². The number of hydrogen-bond acceptors (Lipinski definition) is 7. The molecule has 0 bridgehead atoms. The Morgan fingerprint density at radius 2 is 1.94 bits per heavy atom.